The van der Waals surface area contributed by atoms with E-state index < -0.39 is 0 Å². The van der Waals surface area contributed by atoms with Gasteiger partial charge in [0.1, 0.15) is 11.3 Å². The fourth-order valence-corrected chi connectivity index (χ4v) is 2.60. The Kier molecular flexibility index (Phi) is 4.03. The van der Waals surface area contributed by atoms with Crippen molar-refractivity contribution in [3.63, 3.8) is 0 Å². The first-order valence-electron chi connectivity index (χ1n) is 7.97. The van der Waals surface area contributed by atoms with Gasteiger partial charge in [0.05, 0.1) is 12.8 Å². The smallest absolute Gasteiger partial charge is 0.255 e. The van der Waals surface area contributed by atoms with Crippen LogP contribution in [0.25, 0.3) is 16.9 Å². The van der Waals surface area contributed by atoms with Crippen LogP contribution in [0.3, 0.4) is 0 Å². The van der Waals surface area contributed by atoms with E-state index in [1.807, 2.05) is 42.5 Å². The number of anilines is 1. The van der Waals surface area contributed by atoms with Crippen LogP contribution in [-0.2, 0) is 0 Å². The molecule has 0 spiro atoms. The second-order valence-electron chi connectivity index (χ2n) is 5.58. The summed E-state index contributed by atoms with van der Waals surface area (Å²) in [6.45, 7) is 0. The fourth-order valence-electron chi connectivity index (χ4n) is 2.60. The molecule has 0 saturated carbocycles. The maximum atomic E-state index is 12.4. The second-order valence-corrected chi connectivity index (χ2v) is 5.58. The summed E-state index contributed by atoms with van der Waals surface area (Å²) in [5, 5.41) is 11.1. The number of pyridine rings is 1. The van der Waals surface area contributed by atoms with Gasteiger partial charge in [-0.05, 0) is 48.5 Å². The zero-order chi connectivity index (χ0) is 17.9. The highest BCUT2D eigenvalue weighted by Crippen LogP contribution is 2.18. The van der Waals surface area contributed by atoms with Crippen molar-refractivity contribution >= 4 is 22.8 Å². The largest absolute Gasteiger partial charge is 0.497 e. The first-order chi connectivity index (χ1) is 12.7. The Morgan fingerprint density at radius 3 is 2.73 bits per heavy atom. The molecule has 2 aromatic heterocycles. The Labute approximate surface area is 149 Å². The quantitative estimate of drug-likeness (QED) is 0.615. The Balaban J connectivity index is 1.56. The summed E-state index contributed by atoms with van der Waals surface area (Å²) in [7, 11) is 1.59. The third-order valence-corrected chi connectivity index (χ3v) is 3.91. The van der Waals surface area contributed by atoms with Crippen molar-refractivity contribution < 1.29 is 9.53 Å². The number of carbonyl (C=O) groups excluding carboxylic acids is 1. The number of fused-ring (bicyclic) bond motifs is 1. The van der Waals surface area contributed by atoms with E-state index in [-0.39, 0.29) is 5.91 Å². The molecule has 1 amide bonds. The summed E-state index contributed by atoms with van der Waals surface area (Å²) in [6, 6.07) is 18.0. The standard InChI is InChI=1S/C19H15N5O2/c1-26-16-5-2-4-14(12-16)21-19(25)13-7-9-15(10-8-13)24-18-17(22-23-24)6-3-11-20-18/h2-12H,1H3,(H,21,25). The number of nitrogens with zero attached hydrogens (tertiary/aromatic N) is 4. The summed E-state index contributed by atoms with van der Waals surface area (Å²) < 4.78 is 6.80. The number of ether oxygens (including phenoxy) is 1. The minimum Gasteiger partial charge on any atom is -0.497 e. The van der Waals surface area contributed by atoms with Crippen molar-refractivity contribution in [3.8, 4) is 11.4 Å². The summed E-state index contributed by atoms with van der Waals surface area (Å²) in [5.41, 5.74) is 3.37. The molecule has 0 atom stereocenters. The monoisotopic (exact) mass is 345 g/mol. The molecule has 7 nitrogen and oxygen atoms in total. The van der Waals surface area contributed by atoms with Crippen LogP contribution in [0.2, 0.25) is 0 Å². The maximum Gasteiger partial charge on any atom is 0.255 e. The summed E-state index contributed by atoms with van der Waals surface area (Å²) in [6.07, 6.45) is 1.69. The van der Waals surface area contributed by atoms with Crippen LogP contribution >= 0.6 is 0 Å². The predicted octanol–water partition coefficient (Wildman–Crippen LogP) is 3.08. The van der Waals surface area contributed by atoms with Crippen LogP contribution < -0.4 is 10.1 Å². The number of benzene rings is 2. The van der Waals surface area contributed by atoms with Gasteiger partial charge in [0, 0.05) is 23.5 Å². The van der Waals surface area contributed by atoms with Crippen molar-refractivity contribution in [1.82, 2.24) is 20.0 Å². The first-order valence-corrected chi connectivity index (χ1v) is 7.97. The zero-order valence-electron chi connectivity index (χ0n) is 14.0. The lowest BCUT2D eigenvalue weighted by Gasteiger charge is -2.08. The van der Waals surface area contributed by atoms with Crippen molar-refractivity contribution in [3.05, 3.63) is 72.4 Å². The van der Waals surface area contributed by atoms with Crippen molar-refractivity contribution in [2.24, 2.45) is 0 Å². The summed E-state index contributed by atoms with van der Waals surface area (Å²) in [4.78, 5) is 16.7. The van der Waals surface area contributed by atoms with Crippen LogP contribution in [0.1, 0.15) is 10.4 Å². The van der Waals surface area contributed by atoms with Gasteiger partial charge >= 0.3 is 0 Å². The minimum absolute atomic E-state index is 0.202. The summed E-state index contributed by atoms with van der Waals surface area (Å²) in [5.74, 6) is 0.482. The van der Waals surface area contributed by atoms with E-state index in [0.29, 0.717) is 28.2 Å². The van der Waals surface area contributed by atoms with Gasteiger partial charge in [0.2, 0.25) is 0 Å². The molecule has 2 aromatic carbocycles. The molecule has 0 bridgehead atoms. The molecule has 4 aromatic rings. The molecule has 26 heavy (non-hydrogen) atoms. The first kappa shape index (κ1) is 15.8. The highest BCUT2D eigenvalue weighted by molar-refractivity contribution is 6.04. The highest BCUT2D eigenvalue weighted by atomic mass is 16.5. The fraction of sp³-hybridized carbons (Fsp3) is 0.0526. The Hall–Kier alpha value is -3.74. The van der Waals surface area contributed by atoms with Crippen LogP contribution in [-0.4, -0.2) is 33.0 Å². The molecule has 2 heterocycles. The molecule has 128 valence electrons. The van der Waals surface area contributed by atoms with Crippen molar-refractivity contribution in [1.29, 1.82) is 0 Å². The molecule has 0 saturated heterocycles. The van der Waals surface area contributed by atoms with Crippen molar-refractivity contribution in [2.75, 3.05) is 12.4 Å². The molecular weight excluding hydrogens is 330 g/mol. The molecule has 7 heteroatoms. The van der Waals surface area contributed by atoms with E-state index in [4.69, 9.17) is 4.74 Å². The number of aromatic nitrogens is 4. The number of hydrogen-bond donors (Lipinski definition) is 1. The lowest BCUT2D eigenvalue weighted by atomic mass is 10.2. The van der Waals surface area contributed by atoms with Gasteiger partial charge in [-0.2, -0.15) is 4.68 Å². The molecule has 0 fully saturated rings. The molecule has 0 aliphatic carbocycles. The molecule has 0 unspecified atom stereocenters. The number of amides is 1. The molecule has 0 aliphatic rings. The van der Waals surface area contributed by atoms with E-state index in [0.717, 1.165) is 5.69 Å². The van der Waals surface area contributed by atoms with Gasteiger partial charge < -0.3 is 10.1 Å². The lowest BCUT2D eigenvalue weighted by molar-refractivity contribution is 0.102. The minimum atomic E-state index is -0.202. The van der Waals surface area contributed by atoms with Gasteiger partial charge in [-0.3, -0.25) is 4.79 Å². The zero-order valence-corrected chi connectivity index (χ0v) is 14.0. The van der Waals surface area contributed by atoms with Gasteiger partial charge in [-0.15, -0.1) is 5.10 Å². The van der Waals surface area contributed by atoms with E-state index in [2.05, 4.69) is 20.6 Å². The lowest BCUT2D eigenvalue weighted by Crippen LogP contribution is -2.12. The maximum absolute atomic E-state index is 12.4. The topological polar surface area (TPSA) is 81.9 Å². The Morgan fingerprint density at radius 1 is 1.08 bits per heavy atom. The number of carbonyl (C=O) groups is 1. The van der Waals surface area contributed by atoms with Gasteiger partial charge in [0.25, 0.3) is 5.91 Å². The third kappa shape index (κ3) is 2.98. The van der Waals surface area contributed by atoms with E-state index in [9.17, 15) is 4.79 Å². The normalized spacial score (nSPS) is 10.7. The molecule has 4 rings (SSSR count). The van der Waals surface area contributed by atoms with Gasteiger partial charge in [-0.1, -0.05) is 11.3 Å². The average Bonchev–Trinajstić information content (AvgIpc) is 3.12. The molecule has 0 radical (unpaired) electrons. The highest BCUT2D eigenvalue weighted by Gasteiger charge is 2.10. The van der Waals surface area contributed by atoms with E-state index in [1.54, 1.807) is 36.2 Å². The number of methoxy groups -OCH3 is 1. The van der Waals surface area contributed by atoms with Gasteiger partial charge in [-0.25, -0.2) is 4.98 Å². The van der Waals surface area contributed by atoms with Crippen LogP contribution in [0.4, 0.5) is 5.69 Å². The second kappa shape index (κ2) is 6.64. The van der Waals surface area contributed by atoms with Crippen molar-refractivity contribution in [2.45, 2.75) is 0 Å². The summed E-state index contributed by atoms with van der Waals surface area (Å²) >= 11 is 0. The van der Waals surface area contributed by atoms with E-state index >= 15 is 0 Å². The van der Waals surface area contributed by atoms with Crippen LogP contribution in [0, 0.1) is 0 Å². The molecular formula is C19H15N5O2. The Morgan fingerprint density at radius 2 is 1.92 bits per heavy atom. The SMILES string of the molecule is COc1cccc(NC(=O)c2ccc(-n3nnc4cccnc43)cc2)c1. The molecule has 1 N–H and O–H groups in total. The number of nitrogens with one attached hydrogen (secondary N) is 1. The number of rotatable bonds is 4. The predicted molar refractivity (Wildman–Crippen MR) is 97.6 cm³/mol. The van der Waals surface area contributed by atoms with E-state index in [1.165, 1.54) is 0 Å². The number of hydrogen-bond acceptors (Lipinski definition) is 5. The van der Waals surface area contributed by atoms with Crippen LogP contribution in [0.15, 0.2) is 66.9 Å². The van der Waals surface area contributed by atoms with Crippen LogP contribution in [0.5, 0.6) is 5.75 Å². The third-order valence-electron chi connectivity index (χ3n) is 3.91. The molecule has 0 aliphatic heterocycles. The van der Waals surface area contributed by atoms with Gasteiger partial charge in [0.15, 0.2) is 5.65 Å². The average molecular weight is 345 g/mol. The Bertz CT molecular complexity index is 1070.